The van der Waals surface area contributed by atoms with E-state index in [0.717, 1.165) is 35.8 Å². The molecule has 1 aliphatic heterocycles. The number of likely N-dealkylation sites (tertiary alicyclic amines) is 1. The van der Waals surface area contributed by atoms with Crippen LogP contribution in [0.15, 0.2) is 48.5 Å². The molecule has 2 aromatic rings. The fourth-order valence-electron chi connectivity index (χ4n) is 4.05. The minimum Gasteiger partial charge on any atom is -0.497 e. The van der Waals surface area contributed by atoms with Gasteiger partial charge in [0.05, 0.1) is 14.2 Å². The van der Waals surface area contributed by atoms with Crippen molar-refractivity contribution < 1.29 is 9.47 Å². The Morgan fingerprint density at radius 3 is 1.87 bits per heavy atom. The third kappa shape index (κ3) is 2.81. The van der Waals surface area contributed by atoms with Crippen LogP contribution < -0.4 is 9.47 Å². The van der Waals surface area contributed by atoms with Crippen molar-refractivity contribution in [3.63, 3.8) is 0 Å². The lowest BCUT2D eigenvalue weighted by Gasteiger charge is -2.19. The van der Waals surface area contributed by atoms with Crippen molar-refractivity contribution >= 4 is 0 Å². The van der Waals surface area contributed by atoms with Crippen LogP contribution in [-0.2, 0) is 6.54 Å². The SMILES string of the molecule is COc1ccc(CN2CC3C(C2)C3c2ccc(OC)cc2)cc1. The van der Waals surface area contributed by atoms with Crippen molar-refractivity contribution in [3.8, 4) is 11.5 Å². The predicted molar refractivity (Wildman–Crippen MR) is 91.0 cm³/mol. The predicted octanol–water partition coefficient (Wildman–Crippen LogP) is 3.55. The van der Waals surface area contributed by atoms with Crippen molar-refractivity contribution in [2.45, 2.75) is 12.5 Å². The molecule has 23 heavy (non-hydrogen) atoms. The first-order valence-corrected chi connectivity index (χ1v) is 8.27. The molecule has 2 atom stereocenters. The van der Waals surface area contributed by atoms with Crippen LogP contribution in [0.3, 0.4) is 0 Å². The number of ether oxygens (including phenoxy) is 2. The quantitative estimate of drug-likeness (QED) is 0.843. The summed E-state index contributed by atoms with van der Waals surface area (Å²) in [5.41, 5.74) is 2.85. The van der Waals surface area contributed by atoms with Gasteiger partial charge in [-0.1, -0.05) is 24.3 Å². The van der Waals surface area contributed by atoms with Gasteiger partial charge in [0.15, 0.2) is 0 Å². The van der Waals surface area contributed by atoms with Gasteiger partial charge in [-0.25, -0.2) is 0 Å². The molecule has 0 aromatic heterocycles. The van der Waals surface area contributed by atoms with Gasteiger partial charge in [-0.2, -0.15) is 0 Å². The molecular weight excluding hydrogens is 286 g/mol. The van der Waals surface area contributed by atoms with E-state index in [-0.39, 0.29) is 0 Å². The monoisotopic (exact) mass is 309 g/mol. The summed E-state index contributed by atoms with van der Waals surface area (Å²) < 4.78 is 10.5. The first kappa shape index (κ1) is 14.6. The van der Waals surface area contributed by atoms with E-state index in [2.05, 4.69) is 41.3 Å². The van der Waals surface area contributed by atoms with E-state index < -0.39 is 0 Å². The topological polar surface area (TPSA) is 21.7 Å². The smallest absolute Gasteiger partial charge is 0.118 e. The highest BCUT2D eigenvalue weighted by atomic mass is 16.5. The van der Waals surface area contributed by atoms with Gasteiger partial charge in [-0.15, -0.1) is 0 Å². The third-order valence-corrected chi connectivity index (χ3v) is 5.34. The largest absolute Gasteiger partial charge is 0.497 e. The number of rotatable bonds is 5. The maximum atomic E-state index is 5.25. The first-order valence-electron chi connectivity index (χ1n) is 8.27. The van der Waals surface area contributed by atoms with Crippen molar-refractivity contribution in [1.29, 1.82) is 0 Å². The zero-order chi connectivity index (χ0) is 15.8. The van der Waals surface area contributed by atoms with Gasteiger partial charge in [-0.3, -0.25) is 4.90 Å². The van der Waals surface area contributed by atoms with Crippen LogP contribution in [0.5, 0.6) is 11.5 Å². The third-order valence-electron chi connectivity index (χ3n) is 5.34. The molecule has 0 amide bonds. The summed E-state index contributed by atoms with van der Waals surface area (Å²) in [5, 5.41) is 0. The minimum absolute atomic E-state index is 0.757. The molecular formula is C20H23NO2. The van der Waals surface area contributed by atoms with E-state index in [1.54, 1.807) is 14.2 Å². The summed E-state index contributed by atoms with van der Waals surface area (Å²) in [6.07, 6.45) is 0. The van der Waals surface area contributed by atoms with Crippen LogP contribution in [0.2, 0.25) is 0 Å². The summed E-state index contributed by atoms with van der Waals surface area (Å²) >= 11 is 0. The highest BCUT2D eigenvalue weighted by molar-refractivity contribution is 5.35. The van der Waals surface area contributed by atoms with Crippen LogP contribution in [0.1, 0.15) is 17.0 Å². The molecule has 1 saturated heterocycles. The van der Waals surface area contributed by atoms with Gasteiger partial charge >= 0.3 is 0 Å². The molecule has 1 heterocycles. The average molecular weight is 309 g/mol. The van der Waals surface area contributed by atoms with Crippen molar-refractivity contribution in [2.75, 3.05) is 27.3 Å². The zero-order valence-corrected chi connectivity index (χ0v) is 13.7. The lowest BCUT2D eigenvalue weighted by atomic mass is 10.1. The molecule has 2 unspecified atom stereocenters. The second-order valence-corrected chi connectivity index (χ2v) is 6.67. The number of methoxy groups -OCH3 is 2. The Balaban J connectivity index is 1.34. The summed E-state index contributed by atoms with van der Waals surface area (Å²) in [5.74, 6) is 4.30. The Morgan fingerprint density at radius 2 is 1.35 bits per heavy atom. The molecule has 120 valence electrons. The molecule has 0 spiro atoms. The number of hydrogen-bond donors (Lipinski definition) is 0. The first-order chi connectivity index (χ1) is 11.3. The van der Waals surface area contributed by atoms with Crippen molar-refractivity contribution in [2.24, 2.45) is 11.8 Å². The number of benzene rings is 2. The number of fused-ring (bicyclic) bond motifs is 1. The standard InChI is InChI=1S/C20H23NO2/c1-22-16-7-3-14(4-8-16)11-21-12-18-19(13-21)20(18)15-5-9-17(23-2)10-6-15/h3-10,18-20H,11-13H2,1-2H3. The fraction of sp³-hybridized carbons (Fsp3) is 0.400. The maximum absolute atomic E-state index is 5.25. The number of nitrogens with zero attached hydrogens (tertiary/aromatic N) is 1. The normalized spacial score (nSPS) is 25.9. The fourth-order valence-corrected chi connectivity index (χ4v) is 4.05. The van der Waals surface area contributed by atoms with E-state index in [9.17, 15) is 0 Å². The van der Waals surface area contributed by atoms with Crippen LogP contribution in [0.25, 0.3) is 0 Å². The van der Waals surface area contributed by atoms with Crippen LogP contribution >= 0.6 is 0 Å². The van der Waals surface area contributed by atoms with Crippen molar-refractivity contribution in [3.05, 3.63) is 59.7 Å². The lowest BCUT2D eigenvalue weighted by Crippen LogP contribution is -2.23. The van der Waals surface area contributed by atoms with E-state index in [1.165, 1.54) is 24.2 Å². The van der Waals surface area contributed by atoms with E-state index in [4.69, 9.17) is 9.47 Å². The van der Waals surface area contributed by atoms with Crippen LogP contribution in [0, 0.1) is 11.8 Å². The number of hydrogen-bond acceptors (Lipinski definition) is 3. The van der Waals surface area contributed by atoms with E-state index >= 15 is 0 Å². The average Bonchev–Trinajstić information content (AvgIpc) is 3.11. The molecule has 1 saturated carbocycles. The Bertz CT molecular complexity index is 653. The molecule has 3 heteroatoms. The molecule has 0 radical (unpaired) electrons. The van der Waals surface area contributed by atoms with E-state index in [0.29, 0.717) is 0 Å². The van der Waals surface area contributed by atoms with Gasteiger partial charge in [0.1, 0.15) is 11.5 Å². The van der Waals surface area contributed by atoms with Gasteiger partial charge in [-0.05, 0) is 53.1 Å². The van der Waals surface area contributed by atoms with Gasteiger partial charge in [0, 0.05) is 19.6 Å². The molecule has 3 nitrogen and oxygen atoms in total. The second kappa shape index (κ2) is 5.89. The summed E-state index contributed by atoms with van der Waals surface area (Å²) in [7, 11) is 3.43. The highest BCUT2D eigenvalue weighted by Gasteiger charge is 2.55. The molecule has 2 aliphatic rings. The van der Waals surface area contributed by atoms with Gasteiger partial charge < -0.3 is 9.47 Å². The van der Waals surface area contributed by atoms with Crippen LogP contribution in [0.4, 0.5) is 0 Å². The molecule has 0 N–H and O–H groups in total. The summed E-state index contributed by atoms with van der Waals surface area (Å²) in [6.45, 7) is 3.48. The van der Waals surface area contributed by atoms with E-state index in [1.807, 2.05) is 12.1 Å². The molecule has 2 fully saturated rings. The molecule has 0 bridgehead atoms. The second-order valence-electron chi connectivity index (χ2n) is 6.67. The van der Waals surface area contributed by atoms with Crippen molar-refractivity contribution in [1.82, 2.24) is 4.90 Å². The summed E-state index contributed by atoms with van der Waals surface area (Å²) in [4.78, 5) is 2.58. The highest BCUT2D eigenvalue weighted by Crippen LogP contribution is 2.58. The van der Waals surface area contributed by atoms with Crippen LogP contribution in [-0.4, -0.2) is 32.2 Å². The molecule has 4 rings (SSSR count). The maximum Gasteiger partial charge on any atom is 0.118 e. The summed E-state index contributed by atoms with van der Waals surface area (Å²) in [6, 6.07) is 17.1. The Morgan fingerprint density at radius 1 is 0.826 bits per heavy atom. The molecule has 1 aliphatic carbocycles. The Kier molecular flexibility index (Phi) is 3.74. The Hall–Kier alpha value is -2.00. The molecule has 2 aromatic carbocycles. The Labute approximate surface area is 137 Å². The number of piperidine rings is 1. The minimum atomic E-state index is 0.757. The lowest BCUT2D eigenvalue weighted by molar-refractivity contribution is 0.290. The van der Waals surface area contributed by atoms with Gasteiger partial charge in [0.2, 0.25) is 0 Å². The van der Waals surface area contributed by atoms with Gasteiger partial charge in [0.25, 0.3) is 0 Å². The zero-order valence-electron chi connectivity index (χ0n) is 13.7.